The van der Waals surface area contributed by atoms with Gasteiger partial charge in [-0.3, -0.25) is 5.84 Å². The molecular weight excluding hydrogens is 252 g/mol. The topological polar surface area (TPSA) is 38.0 Å². The number of hydrogen-bond acceptors (Lipinski definition) is 2. The molecule has 0 radical (unpaired) electrons. The van der Waals surface area contributed by atoms with E-state index < -0.39 is 12.2 Å². The van der Waals surface area contributed by atoms with Gasteiger partial charge in [-0.1, -0.05) is 35.3 Å². The molecule has 0 aliphatic heterocycles. The third-order valence-corrected chi connectivity index (χ3v) is 2.62. The van der Waals surface area contributed by atoms with Crippen LogP contribution in [-0.4, -0.2) is 6.18 Å². The van der Waals surface area contributed by atoms with E-state index in [-0.39, 0.29) is 15.6 Å². The second kappa shape index (κ2) is 4.57. The molecule has 1 aromatic carbocycles. The predicted octanol–water partition coefficient (Wildman–Crippen LogP) is 3.06. The van der Waals surface area contributed by atoms with Crippen molar-refractivity contribution < 1.29 is 13.2 Å². The lowest BCUT2D eigenvalue weighted by Crippen LogP contribution is -2.38. The number of benzene rings is 1. The maximum Gasteiger partial charge on any atom is 0.409 e. The summed E-state index contributed by atoms with van der Waals surface area (Å²) in [7, 11) is 0. The van der Waals surface area contributed by atoms with Crippen molar-refractivity contribution in [3.05, 3.63) is 33.8 Å². The fraction of sp³-hybridized carbons (Fsp3) is 0.250. The van der Waals surface area contributed by atoms with Gasteiger partial charge in [0.2, 0.25) is 0 Å². The summed E-state index contributed by atoms with van der Waals surface area (Å²) in [4.78, 5) is 0. The van der Waals surface area contributed by atoms with Crippen LogP contribution in [0.3, 0.4) is 0 Å². The van der Waals surface area contributed by atoms with Gasteiger partial charge in [-0.05, 0) is 11.6 Å². The van der Waals surface area contributed by atoms with Gasteiger partial charge in [0.05, 0.1) is 10.0 Å². The van der Waals surface area contributed by atoms with Crippen LogP contribution < -0.4 is 11.3 Å². The summed E-state index contributed by atoms with van der Waals surface area (Å²) in [5.41, 5.74) is 1.46. The minimum absolute atomic E-state index is 0.0543. The van der Waals surface area contributed by atoms with E-state index in [1.807, 2.05) is 0 Å². The van der Waals surface area contributed by atoms with E-state index in [1.165, 1.54) is 18.2 Å². The second-order valence-corrected chi connectivity index (χ2v) is 3.57. The van der Waals surface area contributed by atoms with Crippen molar-refractivity contribution >= 4 is 23.2 Å². The summed E-state index contributed by atoms with van der Waals surface area (Å²) in [6.45, 7) is 0. The van der Waals surface area contributed by atoms with Crippen molar-refractivity contribution in [1.82, 2.24) is 5.43 Å². The second-order valence-electron chi connectivity index (χ2n) is 2.78. The molecule has 0 aliphatic carbocycles. The first-order valence-electron chi connectivity index (χ1n) is 3.84. The monoisotopic (exact) mass is 258 g/mol. The maximum absolute atomic E-state index is 12.5. The average molecular weight is 259 g/mol. The van der Waals surface area contributed by atoms with E-state index >= 15 is 0 Å². The molecule has 0 spiro atoms. The first-order chi connectivity index (χ1) is 6.88. The van der Waals surface area contributed by atoms with Gasteiger partial charge >= 0.3 is 6.18 Å². The molecule has 1 unspecified atom stereocenters. The highest BCUT2D eigenvalue weighted by molar-refractivity contribution is 6.42. The summed E-state index contributed by atoms with van der Waals surface area (Å²) < 4.78 is 37.4. The maximum atomic E-state index is 12.5. The van der Waals surface area contributed by atoms with Crippen LogP contribution in [0.25, 0.3) is 0 Å². The molecule has 0 aromatic heterocycles. The van der Waals surface area contributed by atoms with Crippen molar-refractivity contribution in [1.29, 1.82) is 0 Å². The van der Waals surface area contributed by atoms with Crippen molar-refractivity contribution in [2.75, 3.05) is 0 Å². The lowest BCUT2D eigenvalue weighted by Gasteiger charge is -2.20. The summed E-state index contributed by atoms with van der Waals surface area (Å²) in [5, 5.41) is -0.0990. The molecule has 0 heterocycles. The molecular formula is C8H7Cl2F3N2. The highest BCUT2D eigenvalue weighted by atomic mass is 35.5. The van der Waals surface area contributed by atoms with Crippen molar-refractivity contribution in [3.63, 3.8) is 0 Å². The molecule has 7 heteroatoms. The van der Waals surface area contributed by atoms with Gasteiger partial charge in [0.1, 0.15) is 6.04 Å². The normalized spacial score (nSPS) is 14.0. The third-order valence-electron chi connectivity index (χ3n) is 1.79. The number of hydrogen-bond donors (Lipinski definition) is 2. The van der Waals surface area contributed by atoms with Crippen LogP contribution in [0.15, 0.2) is 18.2 Å². The number of alkyl halides is 3. The smallest absolute Gasteiger partial charge is 0.271 e. The molecule has 0 saturated carbocycles. The Hall–Kier alpha value is -0.490. The fourth-order valence-electron chi connectivity index (χ4n) is 1.10. The van der Waals surface area contributed by atoms with Crippen LogP contribution in [-0.2, 0) is 0 Å². The van der Waals surface area contributed by atoms with Crippen LogP contribution >= 0.6 is 23.2 Å². The lowest BCUT2D eigenvalue weighted by molar-refractivity contribution is -0.157. The van der Waals surface area contributed by atoms with Gasteiger partial charge in [0.15, 0.2) is 0 Å². The average Bonchev–Trinajstić information content (AvgIpc) is 2.11. The standard InChI is InChI=1S/C8H7Cl2F3N2/c9-5-3-1-2-4(6(5)10)7(15-14)8(11,12)13/h1-3,7,15H,14H2. The molecule has 0 fully saturated rings. The Labute approximate surface area is 94.1 Å². The van der Waals surface area contributed by atoms with Gasteiger partial charge in [0, 0.05) is 0 Å². The van der Waals surface area contributed by atoms with Gasteiger partial charge < -0.3 is 0 Å². The minimum atomic E-state index is -4.52. The van der Waals surface area contributed by atoms with E-state index in [0.29, 0.717) is 0 Å². The van der Waals surface area contributed by atoms with Crippen molar-refractivity contribution in [3.8, 4) is 0 Å². The van der Waals surface area contributed by atoms with Crippen LogP contribution in [0.5, 0.6) is 0 Å². The molecule has 0 bridgehead atoms. The highest BCUT2D eigenvalue weighted by Gasteiger charge is 2.41. The van der Waals surface area contributed by atoms with E-state index in [4.69, 9.17) is 29.0 Å². The van der Waals surface area contributed by atoms with E-state index in [0.717, 1.165) is 0 Å². The summed E-state index contributed by atoms with van der Waals surface area (Å²) in [6.07, 6.45) is -4.52. The largest absolute Gasteiger partial charge is 0.409 e. The van der Waals surface area contributed by atoms with Crippen molar-refractivity contribution in [2.24, 2.45) is 5.84 Å². The predicted molar refractivity (Wildman–Crippen MR) is 52.6 cm³/mol. The van der Waals surface area contributed by atoms with Gasteiger partial charge in [-0.2, -0.15) is 13.2 Å². The van der Waals surface area contributed by atoms with Gasteiger partial charge in [0.25, 0.3) is 0 Å². The summed E-state index contributed by atoms with van der Waals surface area (Å²) >= 11 is 11.2. The SMILES string of the molecule is NNC(c1cccc(Cl)c1Cl)C(F)(F)F. The van der Waals surface area contributed by atoms with Crippen LogP contribution in [0, 0.1) is 0 Å². The molecule has 1 rings (SSSR count). The lowest BCUT2D eigenvalue weighted by atomic mass is 10.1. The van der Waals surface area contributed by atoms with E-state index in [2.05, 4.69) is 0 Å². The number of hydrazine groups is 1. The molecule has 0 saturated heterocycles. The van der Waals surface area contributed by atoms with Crippen molar-refractivity contribution in [2.45, 2.75) is 12.2 Å². The molecule has 0 aliphatic rings. The van der Waals surface area contributed by atoms with Gasteiger partial charge in [-0.25, -0.2) is 5.43 Å². The van der Waals surface area contributed by atoms with Crippen LogP contribution in [0.2, 0.25) is 10.0 Å². The zero-order chi connectivity index (χ0) is 11.6. The number of nitrogens with two attached hydrogens (primary N) is 1. The van der Waals surface area contributed by atoms with E-state index in [9.17, 15) is 13.2 Å². The number of nitrogens with one attached hydrogen (secondary N) is 1. The quantitative estimate of drug-likeness (QED) is 0.632. The van der Waals surface area contributed by atoms with Crippen LogP contribution in [0.4, 0.5) is 13.2 Å². The molecule has 1 atom stereocenters. The van der Waals surface area contributed by atoms with Crippen LogP contribution in [0.1, 0.15) is 11.6 Å². The zero-order valence-electron chi connectivity index (χ0n) is 7.28. The fourth-order valence-corrected chi connectivity index (χ4v) is 1.52. The minimum Gasteiger partial charge on any atom is -0.271 e. The Bertz CT molecular complexity index is 354. The highest BCUT2D eigenvalue weighted by Crippen LogP contribution is 2.37. The van der Waals surface area contributed by atoms with E-state index in [1.54, 1.807) is 5.43 Å². The Morgan fingerprint density at radius 2 is 1.87 bits per heavy atom. The molecule has 0 amide bonds. The summed E-state index contributed by atoms with van der Waals surface area (Å²) in [6, 6.07) is 1.96. The summed E-state index contributed by atoms with van der Waals surface area (Å²) in [5.74, 6) is 4.84. The first-order valence-corrected chi connectivity index (χ1v) is 4.60. The number of rotatable bonds is 2. The molecule has 15 heavy (non-hydrogen) atoms. The molecule has 1 aromatic rings. The Balaban J connectivity index is 3.19. The van der Waals surface area contributed by atoms with Gasteiger partial charge in [-0.15, -0.1) is 0 Å². The molecule has 2 nitrogen and oxygen atoms in total. The third kappa shape index (κ3) is 2.75. The number of halogens is 5. The first kappa shape index (κ1) is 12.6. The Kier molecular flexibility index (Phi) is 3.83. The molecule has 84 valence electrons. The Morgan fingerprint density at radius 1 is 1.27 bits per heavy atom. The Morgan fingerprint density at radius 3 is 2.33 bits per heavy atom. The molecule has 3 N–H and O–H groups in total. The zero-order valence-corrected chi connectivity index (χ0v) is 8.79.